The minimum absolute atomic E-state index is 0.0306. The second kappa shape index (κ2) is 8.87. The maximum atomic E-state index is 13.5. The van der Waals surface area contributed by atoms with Crippen LogP contribution in [0.15, 0.2) is 18.2 Å². The molecule has 0 saturated carbocycles. The highest BCUT2D eigenvalue weighted by Crippen LogP contribution is 2.16. The number of aryl methyl sites for hydroxylation is 1. The van der Waals surface area contributed by atoms with Crippen molar-refractivity contribution in [2.75, 3.05) is 19.8 Å². The first kappa shape index (κ1) is 16.9. The molecule has 0 heterocycles. The SMILES string of the molecule is CCOCCCNC(=S)NC(C)c1ccc(C)c(F)c1. The molecule has 1 aromatic carbocycles. The maximum Gasteiger partial charge on any atom is 0.166 e. The van der Waals surface area contributed by atoms with Crippen LogP contribution >= 0.6 is 12.2 Å². The topological polar surface area (TPSA) is 33.3 Å². The summed E-state index contributed by atoms with van der Waals surface area (Å²) in [6, 6.07) is 5.21. The van der Waals surface area contributed by atoms with Crippen molar-refractivity contribution in [3.63, 3.8) is 0 Å². The molecule has 0 spiro atoms. The van der Waals surface area contributed by atoms with E-state index in [2.05, 4.69) is 10.6 Å². The van der Waals surface area contributed by atoms with Gasteiger partial charge in [-0.1, -0.05) is 12.1 Å². The molecule has 5 heteroatoms. The van der Waals surface area contributed by atoms with E-state index >= 15 is 0 Å². The lowest BCUT2D eigenvalue weighted by Crippen LogP contribution is -2.37. The Kier molecular flexibility index (Phi) is 7.47. The van der Waals surface area contributed by atoms with Crippen molar-refractivity contribution in [1.82, 2.24) is 10.6 Å². The average molecular weight is 298 g/mol. The number of hydrogen-bond donors (Lipinski definition) is 2. The Morgan fingerprint density at radius 1 is 1.45 bits per heavy atom. The molecule has 2 N–H and O–H groups in total. The number of thiocarbonyl (C=S) groups is 1. The summed E-state index contributed by atoms with van der Waals surface area (Å²) in [5.74, 6) is -0.188. The Bertz CT molecular complexity index is 440. The minimum Gasteiger partial charge on any atom is -0.382 e. The Morgan fingerprint density at radius 3 is 2.85 bits per heavy atom. The van der Waals surface area contributed by atoms with E-state index in [1.807, 2.05) is 19.9 Å². The fourth-order valence-corrected chi connectivity index (χ4v) is 2.01. The van der Waals surface area contributed by atoms with Gasteiger partial charge in [0.05, 0.1) is 6.04 Å². The zero-order valence-corrected chi connectivity index (χ0v) is 13.1. The van der Waals surface area contributed by atoms with Crippen LogP contribution in [0.3, 0.4) is 0 Å². The first-order valence-corrected chi connectivity index (χ1v) is 7.33. The highest BCUT2D eigenvalue weighted by Gasteiger charge is 2.08. The summed E-state index contributed by atoms with van der Waals surface area (Å²) in [5, 5.41) is 6.84. The predicted molar refractivity (Wildman–Crippen MR) is 84.4 cm³/mol. The van der Waals surface area contributed by atoms with E-state index in [4.69, 9.17) is 17.0 Å². The van der Waals surface area contributed by atoms with Crippen LogP contribution in [0.4, 0.5) is 4.39 Å². The molecule has 0 fully saturated rings. The number of benzene rings is 1. The molecule has 0 saturated heterocycles. The van der Waals surface area contributed by atoms with Gasteiger partial charge in [0.1, 0.15) is 5.82 Å². The summed E-state index contributed by atoms with van der Waals surface area (Å²) in [4.78, 5) is 0. The van der Waals surface area contributed by atoms with Crippen LogP contribution in [0.1, 0.15) is 37.4 Å². The van der Waals surface area contributed by atoms with Crippen LogP contribution in [-0.2, 0) is 4.74 Å². The molecule has 0 amide bonds. The summed E-state index contributed by atoms with van der Waals surface area (Å²) < 4.78 is 18.8. The van der Waals surface area contributed by atoms with E-state index < -0.39 is 0 Å². The number of rotatable bonds is 7. The van der Waals surface area contributed by atoms with Crippen LogP contribution in [0.2, 0.25) is 0 Å². The van der Waals surface area contributed by atoms with Crippen molar-refractivity contribution < 1.29 is 9.13 Å². The quantitative estimate of drug-likeness (QED) is 0.599. The van der Waals surface area contributed by atoms with Gasteiger partial charge in [0.25, 0.3) is 0 Å². The zero-order chi connectivity index (χ0) is 15.0. The highest BCUT2D eigenvalue weighted by molar-refractivity contribution is 7.80. The normalized spacial score (nSPS) is 12.0. The third-order valence-corrected chi connectivity index (χ3v) is 3.26. The number of hydrogen-bond acceptors (Lipinski definition) is 2. The molecule has 0 aliphatic carbocycles. The van der Waals surface area contributed by atoms with Crippen molar-refractivity contribution in [2.45, 2.75) is 33.2 Å². The molecule has 3 nitrogen and oxygen atoms in total. The highest BCUT2D eigenvalue weighted by atomic mass is 32.1. The first-order valence-electron chi connectivity index (χ1n) is 6.92. The van der Waals surface area contributed by atoms with Crippen LogP contribution in [0.5, 0.6) is 0 Å². The molecule has 112 valence electrons. The Labute approximate surface area is 125 Å². The van der Waals surface area contributed by atoms with Gasteiger partial charge in [-0.15, -0.1) is 0 Å². The van der Waals surface area contributed by atoms with Crippen LogP contribution in [-0.4, -0.2) is 24.9 Å². The van der Waals surface area contributed by atoms with Gasteiger partial charge in [-0.2, -0.15) is 0 Å². The standard InChI is InChI=1S/C15H23FN2OS/c1-4-19-9-5-8-17-15(20)18-12(3)13-7-6-11(2)14(16)10-13/h6-7,10,12H,4-5,8-9H2,1-3H3,(H2,17,18,20). The molecule has 0 radical (unpaired) electrons. The maximum absolute atomic E-state index is 13.5. The molecule has 1 atom stereocenters. The summed E-state index contributed by atoms with van der Waals surface area (Å²) in [7, 11) is 0. The molecule has 0 aliphatic heterocycles. The van der Waals surface area contributed by atoms with Gasteiger partial charge in [0, 0.05) is 19.8 Å². The lowest BCUT2D eigenvalue weighted by molar-refractivity contribution is 0.145. The van der Waals surface area contributed by atoms with Gasteiger partial charge < -0.3 is 15.4 Å². The first-order chi connectivity index (χ1) is 9.54. The minimum atomic E-state index is -0.188. The number of ether oxygens (including phenoxy) is 1. The lowest BCUT2D eigenvalue weighted by atomic mass is 10.1. The van der Waals surface area contributed by atoms with Crippen molar-refractivity contribution in [1.29, 1.82) is 0 Å². The monoisotopic (exact) mass is 298 g/mol. The van der Waals surface area contributed by atoms with E-state index in [1.165, 1.54) is 0 Å². The summed E-state index contributed by atoms with van der Waals surface area (Å²) in [5.41, 5.74) is 1.53. The Balaban J connectivity index is 2.35. The van der Waals surface area contributed by atoms with Gasteiger partial charge in [-0.25, -0.2) is 4.39 Å². The molecular weight excluding hydrogens is 275 g/mol. The van der Waals surface area contributed by atoms with Crippen molar-refractivity contribution in [3.05, 3.63) is 35.1 Å². The molecule has 20 heavy (non-hydrogen) atoms. The Hall–Kier alpha value is -1.20. The molecular formula is C15H23FN2OS. The predicted octanol–water partition coefficient (Wildman–Crippen LogP) is 3.09. The van der Waals surface area contributed by atoms with Crippen LogP contribution < -0.4 is 10.6 Å². The van der Waals surface area contributed by atoms with Crippen molar-refractivity contribution in [2.24, 2.45) is 0 Å². The largest absolute Gasteiger partial charge is 0.382 e. The zero-order valence-electron chi connectivity index (χ0n) is 12.3. The second-order valence-electron chi connectivity index (χ2n) is 4.68. The van der Waals surface area contributed by atoms with Gasteiger partial charge in [-0.3, -0.25) is 0 Å². The van der Waals surface area contributed by atoms with Gasteiger partial charge >= 0.3 is 0 Å². The van der Waals surface area contributed by atoms with Crippen LogP contribution in [0.25, 0.3) is 0 Å². The third-order valence-electron chi connectivity index (χ3n) is 3.00. The van der Waals surface area contributed by atoms with E-state index in [-0.39, 0.29) is 11.9 Å². The summed E-state index contributed by atoms with van der Waals surface area (Å²) in [6.45, 7) is 7.91. The van der Waals surface area contributed by atoms with Gasteiger partial charge in [0.15, 0.2) is 5.11 Å². The number of nitrogens with one attached hydrogen (secondary N) is 2. The molecule has 0 aliphatic rings. The van der Waals surface area contributed by atoms with Crippen LogP contribution in [0, 0.1) is 12.7 Å². The summed E-state index contributed by atoms with van der Waals surface area (Å²) in [6.07, 6.45) is 0.906. The third kappa shape index (κ3) is 5.84. The van der Waals surface area contributed by atoms with Crippen molar-refractivity contribution >= 4 is 17.3 Å². The second-order valence-corrected chi connectivity index (χ2v) is 5.09. The van der Waals surface area contributed by atoms with E-state index in [0.717, 1.165) is 31.7 Å². The lowest BCUT2D eigenvalue weighted by Gasteiger charge is -2.17. The van der Waals surface area contributed by atoms with Crippen molar-refractivity contribution in [3.8, 4) is 0 Å². The van der Waals surface area contributed by atoms with E-state index in [0.29, 0.717) is 10.7 Å². The van der Waals surface area contributed by atoms with Gasteiger partial charge in [0.2, 0.25) is 0 Å². The smallest absolute Gasteiger partial charge is 0.166 e. The molecule has 1 unspecified atom stereocenters. The Morgan fingerprint density at radius 2 is 2.20 bits per heavy atom. The van der Waals surface area contributed by atoms with Gasteiger partial charge in [-0.05, 0) is 56.6 Å². The molecule has 0 bridgehead atoms. The number of halogens is 1. The van der Waals surface area contributed by atoms with E-state index in [1.54, 1.807) is 19.1 Å². The summed E-state index contributed by atoms with van der Waals surface area (Å²) >= 11 is 5.21. The molecule has 0 aromatic heterocycles. The molecule has 1 aromatic rings. The van der Waals surface area contributed by atoms with E-state index in [9.17, 15) is 4.39 Å². The molecule has 1 rings (SSSR count). The fraction of sp³-hybridized carbons (Fsp3) is 0.533. The fourth-order valence-electron chi connectivity index (χ4n) is 1.73. The average Bonchev–Trinajstić information content (AvgIpc) is 2.41.